The monoisotopic (exact) mass is 487 g/mol. The third kappa shape index (κ3) is 5.10. The Labute approximate surface area is 207 Å². The lowest BCUT2D eigenvalue weighted by Crippen LogP contribution is -2.29. The molecule has 0 saturated carbocycles. The van der Waals surface area contributed by atoms with Gasteiger partial charge in [-0.25, -0.2) is 0 Å². The van der Waals surface area contributed by atoms with Gasteiger partial charge >= 0.3 is 0 Å². The lowest BCUT2D eigenvalue weighted by molar-refractivity contribution is -0.384. The van der Waals surface area contributed by atoms with Crippen LogP contribution in [-0.2, 0) is 16.1 Å². The molecule has 1 N–H and O–H groups in total. The van der Waals surface area contributed by atoms with E-state index in [1.54, 1.807) is 54.9 Å². The van der Waals surface area contributed by atoms with E-state index in [4.69, 9.17) is 4.74 Å². The highest BCUT2D eigenvalue weighted by Gasteiger charge is 2.46. The van der Waals surface area contributed by atoms with E-state index in [0.29, 0.717) is 35.0 Å². The van der Waals surface area contributed by atoms with Gasteiger partial charge in [0.05, 0.1) is 23.1 Å². The zero-order valence-corrected chi connectivity index (χ0v) is 19.8. The van der Waals surface area contributed by atoms with Crippen LogP contribution in [0.15, 0.2) is 78.6 Å². The Bertz CT molecular complexity index is 1320. The van der Waals surface area contributed by atoms with Crippen molar-refractivity contribution in [2.24, 2.45) is 5.92 Å². The molecule has 9 nitrogen and oxygen atoms in total. The molecule has 184 valence electrons. The van der Waals surface area contributed by atoms with E-state index in [1.165, 1.54) is 23.1 Å². The van der Waals surface area contributed by atoms with Crippen LogP contribution in [0.1, 0.15) is 36.6 Å². The lowest BCUT2D eigenvalue weighted by Gasteiger charge is -2.25. The summed E-state index contributed by atoms with van der Waals surface area (Å²) in [5.74, 6) is -1.10. The minimum atomic E-state index is -1.03. The molecule has 1 saturated heterocycles. The molecule has 36 heavy (non-hydrogen) atoms. The summed E-state index contributed by atoms with van der Waals surface area (Å²) in [6, 6.07) is 14.7. The van der Waals surface area contributed by atoms with Gasteiger partial charge in [-0.2, -0.15) is 0 Å². The van der Waals surface area contributed by atoms with E-state index in [9.17, 15) is 24.8 Å². The zero-order chi connectivity index (χ0) is 25.8. The number of aliphatic hydroxyl groups is 1. The maximum absolute atomic E-state index is 13.2. The average molecular weight is 488 g/mol. The summed E-state index contributed by atoms with van der Waals surface area (Å²) in [6.07, 6.45) is 3.16. The van der Waals surface area contributed by atoms with Crippen LogP contribution < -0.4 is 4.74 Å². The second-order valence-corrected chi connectivity index (χ2v) is 8.87. The van der Waals surface area contributed by atoms with Crippen LogP contribution in [0.25, 0.3) is 5.76 Å². The fourth-order valence-corrected chi connectivity index (χ4v) is 4.01. The van der Waals surface area contributed by atoms with Crippen molar-refractivity contribution in [3.8, 4) is 5.75 Å². The number of amides is 1. The van der Waals surface area contributed by atoms with Crippen molar-refractivity contribution in [2.75, 3.05) is 6.61 Å². The molecule has 1 amide bonds. The lowest BCUT2D eigenvalue weighted by atomic mass is 9.95. The van der Waals surface area contributed by atoms with Crippen LogP contribution >= 0.6 is 0 Å². The fourth-order valence-electron chi connectivity index (χ4n) is 4.01. The highest BCUT2D eigenvalue weighted by Crippen LogP contribution is 2.41. The van der Waals surface area contributed by atoms with E-state index in [1.807, 2.05) is 13.8 Å². The highest BCUT2D eigenvalue weighted by atomic mass is 16.6. The van der Waals surface area contributed by atoms with Crippen LogP contribution in [-0.4, -0.2) is 38.2 Å². The second-order valence-electron chi connectivity index (χ2n) is 8.87. The van der Waals surface area contributed by atoms with Crippen LogP contribution in [0, 0.1) is 16.0 Å². The largest absolute Gasteiger partial charge is 0.507 e. The number of aromatic nitrogens is 1. The van der Waals surface area contributed by atoms with Crippen LogP contribution in [0.3, 0.4) is 0 Å². The number of benzene rings is 2. The smallest absolute Gasteiger partial charge is 0.295 e. The standard InChI is InChI=1S/C27H25N3O6/c1-17(2)16-36-22-10-8-19(9-11-22)25(31)23-24(20-6-3-7-21(13-20)30(34)35)29(27(33)26(23)32)15-18-5-4-12-28-14-18/h3-14,17,24,31H,15-16H2,1-2H3/b25-23+/t24-/m1/s1. The van der Waals surface area contributed by atoms with Crippen molar-refractivity contribution in [3.63, 3.8) is 0 Å². The molecular formula is C27H25N3O6. The predicted molar refractivity (Wildman–Crippen MR) is 132 cm³/mol. The molecule has 1 atom stereocenters. The number of nitro benzene ring substituents is 1. The molecule has 9 heteroatoms. The summed E-state index contributed by atoms with van der Waals surface area (Å²) >= 11 is 0. The summed E-state index contributed by atoms with van der Waals surface area (Å²) in [6.45, 7) is 4.61. The van der Waals surface area contributed by atoms with Gasteiger partial charge in [0.1, 0.15) is 11.5 Å². The van der Waals surface area contributed by atoms with Gasteiger partial charge in [-0.3, -0.25) is 24.7 Å². The Balaban J connectivity index is 1.79. The minimum Gasteiger partial charge on any atom is -0.507 e. The first-order valence-electron chi connectivity index (χ1n) is 11.4. The van der Waals surface area contributed by atoms with Crippen molar-refractivity contribution in [3.05, 3.63) is 105 Å². The van der Waals surface area contributed by atoms with E-state index >= 15 is 0 Å². The predicted octanol–water partition coefficient (Wildman–Crippen LogP) is 4.65. The van der Waals surface area contributed by atoms with Crippen LogP contribution in [0.2, 0.25) is 0 Å². The van der Waals surface area contributed by atoms with E-state index < -0.39 is 22.7 Å². The second kappa shape index (κ2) is 10.4. The summed E-state index contributed by atoms with van der Waals surface area (Å²) in [7, 11) is 0. The Kier molecular flexibility index (Phi) is 7.10. The number of rotatable bonds is 8. The third-order valence-electron chi connectivity index (χ3n) is 5.72. The first kappa shape index (κ1) is 24.6. The molecule has 1 aliphatic heterocycles. The van der Waals surface area contributed by atoms with Gasteiger partial charge in [-0.15, -0.1) is 0 Å². The first-order valence-corrected chi connectivity index (χ1v) is 11.4. The molecule has 0 unspecified atom stereocenters. The van der Waals surface area contributed by atoms with E-state index in [2.05, 4.69) is 4.98 Å². The number of nitro groups is 1. The molecule has 0 spiro atoms. The summed E-state index contributed by atoms with van der Waals surface area (Å²) < 4.78 is 5.68. The van der Waals surface area contributed by atoms with Gasteiger partial charge in [0.2, 0.25) is 0 Å². The number of likely N-dealkylation sites (tertiary alicyclic amines) is 1. The summed E-state index contributed by atoms with van der Waals surface area (Å²) in [5, 5.41) is 22.6. The third-order valence-corrected chi connectivity index (χ3v) is 5.72. The van der Waals surface area contributed by atoms with Crippen LogP contribution in [0.5, 0.6) is 5.75 Å². The summed E-state index contributed by atoms with van der Waals surface area (Å²) in [5.41, 5.74) is 1.00. The van der Waals surface area contributed by atoms with Gasteiger partial charge in [-0.1, -0.05) is 32.0 Å². The molecule has 1 aromatic heterocycles. The Morgan fingerprint density at radius 2 is 1.89 bits per heavy atom. The van der Waals surface area contributed by atoms with Gasteiger partial charge in [-0.05, 0) is 47.4 Å². The number of ether oxygens (including phenoxy) is 1. The molecule has 1 aliphatic rings. The number of ketones is 1. The molecule has 0 aliphatic carbocycles. The zero-order valence-electron chi connectivity index (χ0n) is 19.8. The van der Waals surface area contributed by atoms with Crippen molar-refractivity contribution in [2.45, 2.75) is 26.4 Å². The minimum absolute atomic E-state index is 0.0323. The molecule has 0 radical (unpaired) electrons. The van der Waals surface area contributed by atoms with Gasteiger partial charge in [0, 0.05) is 36.6 Å². The highest BCUT2D eigenvalue weighted by molar-refractivity contribution is 6.46. The number of hydrogen-bond donors (Lipinski definition) is 1. The maximum atomic E-state index is 13.2. The number of nitrogens with zero attached hydrogens (tertiary/aromatic N) is 3. The molecule has 2 heterocycles. The topological polar surface area (TPSA) is 123 Å². The number of carbonyl (C=O) groups excluding carboxylic acids is 2. The number of hydrogen-bond acceptors (Lipinski definition) is 7. The molecule has 2 aromatic carbocycles. The number of pyridine rings is 1. The number of Topliss-reactive ketones (excluding diaryl/α,β-unsaturated/α-hetero) is 1. The molecule has 3 aromatic rings. The molecular weight excluding hydrogens is 462 g/mol. The Hall–Kier alpha value is -4.53. The Morgan fingerprint density at radius 1 is 1.14 bits per heavy atom. The van der Waals surface area contributed by atoms with E-state index in [-0.39, 0.29) is 23.6 Å². The molecule has 0 bridgehead atoms. The first-order chi connectivity index (χ1) is 17.3. The summed E-state index contributed by atoms with van der Waals surface area (Å²) in [4.78, 5) is 42.5. The molecule has 1 fully saturated rings. The number of aliphatic hydroxyl groups excluding tert-OH is 1. The number of non-ortho nitro benzene ring substituents is 1. The quantitative estimate of drug-likeness (QED) is 0.161. The number of carbonyl (C=O) groups is 2. The van der Waals surface area contributed by atoms with E-state index in [0.717, 1.165) is 0 Å². The van der Waals surface area contributed by atoms with Crippen molar-refractivity contribution >= 4 is 23.1 Å². The molecule has 4 rings (SSSR count). The SMILES string of the molecule is CC(C)COc1ccc(/C(O)=C2\C(=O)C(=O)N(Cc3cccnc3)[C@@H]2c2cccc([N+](=O)[O-])c2)cc1. The van der Waals surface area contributed by atoms with Crippen molar-refractivity contribution in [1.82, 2.24) is 9.88 Å². The van der Waals surface area contributed by atoms with Crippen molar-refractivity contribution in [1.29, 1.82) is 0 Å². The van der Waals surface area contributed by atoms with Gasteiger partial charge in [0.15, 0.2) is 0 Å². The fraction of sp³-hybridized carbons (Fsp3) is 0.222. The average Bonchev–Trinajstić information content (AvgIpc) is 3.13. The van der Waals surface area contributed by atoms with Crippen molar-refractivity contribution < 1.29 is 24.4 Å². The normalized spacial score (nSPS) is 17.0. The van der Waals surface area contributed by atoms with Gasteiger partial charge < -0.3 is 14.7 Å². The van der Waals surface area contributed by atoms with Crippen LogP contribution in [0.4, 0.5) is 5.69 Å². The Morgan fingerprint density at radius 3 is 2.53 bits per heavy atom. The maximum Gasteiger partial charge on any atom is 0.295 e. The van der Waals surface area contributed by atoms with Gasteiger partial charge in [0.25, 0.3) is 17.4 Å².